The monoisotopic (exact) mass is 366 g/mol. The number of carbonyl (C=O) groups excluding carboxylic acids is 1. The van der Waals surface area contributed by atoms with Gasteiger partial charge in [0.15, 0.2) is 5.17 Å². The van der Waals surface area contributed by atoms with Crippen LogP contribution in [-0.2, 0) is 4.79 Å². The SMILES string of the molecule is O=C1NC(=Nc2ccccc2Cl)SC1=Cc1ccc2nccnc2c1. The van der Waals surface area contributed by atoms with Gasteiger partial charge in [-0.2, -0.15) is 0 Å². The molecule has 5 nitrogen and oxygen atoms in total. The maximum atomic E-state index is 12.2. The van der Waals surface area contributed by atoms with Gasteiger partial charge in [0, 0.05) is 12.4 Å². The third-order valence-corrected chi connectivity index (χ3v) is 4.75. The number of hydrogen-bond acceptors (Lipinski definition) is 5. The Kier molecular flexibility index (Phi) is 4.21. The van der Waals surface area contributed by atoms with Crippen LogP contribution in [0.25, 0.3) is 17.1 Å². The van der Waals surface area contributed by atoms with Crippen LogP contribution in [0.3, 0.4) is 0 Å². The molecule has 2 heterocycles. The molecule has 3 aromatic rings. The molecule has 1 fully saturated rings. The number of aromatic nitrogens is 2. The molecule has 0 saturated carbocycles. The molecule has 2 aromatic carbocycles. The summed E-state index contributed by atoms with van der Waals surface area (Å²) in [6.07, 6.45) is 5.10. The summed E-state index contributed by atoms with van der Waals surface area (Å²) in [5.74, 6) is -0.185. The number of hydrogen-bond donors (Lipinski definition) is 1. The van der Waals surface area contributed by atoms with Crippen LogP contribution < -0.4 is 5.32 Å². The number of nitrogens with one attached hydrogen (secondary N) is 1. The van der Waals surface area contributed by atoms with Gasteiger partial charge in [0.25, 0.3) is 5.91 Å². The van der Waals surface area contributed by atoms with Gasteiger partial charge < -0.3 is 5.32 Å². The van der Waals surface area contributed by atoms with Gasteiger partial charge >= 0.3 is 0 Å². The number of amidine groups is 1. The van der Waals surface area contributed by atoms with E-state index in [1.807, 2.05) is 36.4 Å². The zero-order chi connectivity index (χ0) is 17.2. The van der Waals surface area contributed by atoms with Crippen molar-refractivity contribution in [3.63, 3.8) is 0 Å². The molecule has 4 rings (SSSR count). The van der Waals surface area contributed by atoms with Crippen molar-refractivity contribution in [1.29, 1.82) is 0 Å². The van der Waals surface area contributed by atoms with E-state index in [2.05, 4.69) is 20.3 Å². The summed E-state index contributed by atoms with van der Waals surface area (Å²) in [5.41, 5.74) is 3.10. The van der Waals surface area contributed by atoms with Crippen molar-refractivity contribution < 1.29 is 4.79 Å². The minimum atomic E-state index is -0.185. The Morgan fingerprint density at radius 1 is 1.08 bits per heavy atom. The van der Waals surface area contributed by atoms with Crippen LogP contribution in [0.1, 0.15) is 5.56 Å². The Balaban J connectivity index is 1.63. The lowest BCUT2D eigenvalue weighted by Crippen LogP contribution is -2.19. The zero-order valence-corrected chi connectivity index (χ0v) is 14.4. The average Bonchev–Trinajstić information content (AvgIpc) is 2.96. The number of thioether (sulfide) groups is 1. The Morgan fingerprint density at radius 3 is 2.72 bits per heavy atom. The standard InChI is InChI=1S/C18H11ClN4OS/c19-12-3-1-2-4-13(12)22-18-23-17(24)16(25-18)10-11-5-6-14-15(9-11)21-8-7-20-14/h1-10H,(H,22,23,24). The average molecular weight is 367 g/mol. The number of amides is 1. The fraction of sp³-hybridized carbons (Fsp3) is 0. The van der Waals surface area contributed by atoms with Crippen molar-refractivity contribution >= 4 is 57.2 Å². The molecule has 1 aromatic heterocycles. The van der Waals surface area contributed by atoms with E-state index in [-0.39, 0.29) is 5.91 Å². The van der Waals surface area contributed by atoms with E-state index in [1.165, 1.54) is 11.8 Å². The van der Waals surface area contributed by atoms with E-state index in [0.717, 1.165) is 16.6 Å². The van der Waals surface area contributed by atoms with Gasteiger partial charge in [0.1, 0.15) is 0 Å². The summed E-state index contributed by atoms with van der Waals surface area (Å²) in [5, 5.41) is 3.80. The highest BCUT2D eigenvalue weighted by atomic mass is 35.5. The van der Waals surface area contributed by atoms with Gasteiger partial charge in [0.05, 0.1) is 26.6 Å². The molecule has 1 aliphatic rings. The van der Waals surface area contributed by atoms with Gasteiger partial charge in [-0.25, -0.2) is 4.99 Å². The first-order valence-corrected chi connectivity index (χ1v) is 8.63. The minimum Gasteiger partial charge on any atom is -0.300 e. The van der Waals surface area contributed by atoms with E-state index in [1.54, 1.807) is 24.5 Å². The molecule has 0 aliphatic carbocycles. The number of halogens is 1. The lowest BCUT2D eigenvalue weighted by Gasteiger charge is -1.99. The van der Waals surface area contributed by atoms with Gasteiger partial charge in [-0.05, 0) is 47.7 Å². The Labute approximate surface area is 152 Å². The fourth-order valence-corrected chi connectivity index (χ4v) is 3.37. The lowest BCUT2D eigenvalue weighted by atomic mass is 10.2. The van der Waals surface area contributed by atoms with E-state index in [4.69, 9.17) is 11.6 Å². The van der Waals surface area contributed by atoms with Crippen molar-refractivity contribution in [2.45, 2.75) is 0 Å². The number of carbonyl (C=O) groups is 1. The van der Waals surface area contributed by atoms with Crippen molar-refractivity contribution in [2.75, 3.05) is 0 Å². The molecule has 0 radical (unpaired) electrons. The second kappa shape index (κ2) is 6.66. The topological polar surface area (TPSA) is 67.2 Å². The van der Waals surface area contributed by atoms with Crippen LogP contribution in [-0.4, -0.2) is 21.0 Å². The summed E-state index contributed by atoms with van der Waals surface area (Å²) < 4.78 is 0. The normalized spacial score (nSPS) is 17.4. The lowest BCUT2D eigenvalue weighted by molar-refractivity contribution is -0.115. The predicted octanol–water partition coefficient (Wildman–Crippen LogP) is 4.17. The van der Waals surface area contributed by atoms with E-state index in [0.29, 0.717) is 20.8 Å². The maximum absolute atomic E-state index is 12.2. The summed E-state index contributed by atoms with van der Waals surface area (Å²) in [6, 6.07) is 12.9. The molecule has 122 valence electrons. The Hall–Kier alpha value is -2.70. The van der Waals surface area contributed by atoms with Gasteiger partial charge in [-0.1, -0.05) is 29.8 Å². The van der Waals surface area contributed by atoms with Crippen molar-refractivity contribution in [2.24, 2.45) is 4.99 Å². The zero-order valence-electron chi connectivity index (χ0n) is 12.8. The van der Waals surface area contributed by atoms with Crippen LogP contribution in [0, 0.1) is 0 Å². The molecular formula is C18H11ClN4OS. The van der Waals surface area contributed by atoms with Crippen LogP contribution in [0.5, 0.6) is 0 Å². The quantitative estimate of drug-likeness (QED) is 0.691. The number of rotatable bonds is 2. The van der Waals surface area contributed by atoms with Gasteiger partial charge in [-0.15, -0.1) is 0 Å². The van der Waals surface area contributed by atoms with Crippen molar-refractivity contribution in [3.8, 4) is 0 Å². The molecular weight excluding hydrogens is 356 g/mol. The molecule has 0 atom stereocenters. The van der Waals surface area contributed by atoms with Crippen LogP contribution in [0.15, 0.2) is 64.8 Å². The molecule has 0 unspecified atom stereocenters. The predicted molar refractivity (Wildman–Crippen MR) is 102 cm³/mol. The maximum Gasteiger partial charge on any atom is 0.264 e. The first kappa shape index (κ1) is 15.8. The number of benzene rings is 2. The molecule has 7 heteroatoms. The summed E-state index contributed by atoms with van der Waals surface area (Å²) in [4.78, 5) is 25.7. The van der Waals surface area contributed by atoms with Crippen LogP contribution in [0.4, 0.5) is 5.69 Å². The number of aliphatic imine (C=N–C) groups is 1. The van der Waals surface area contributed by atoms with Gasteiger partial charge in [0.2, 0.25) is 0 Å². The number of fused-ring (bicyclic) bond motifs is 1. The Morgan fingerprint density at radius 2 is 1.88 bits per heavy atom. The highest BCUT2D eigenvalue weighted by molar-refractivity contribution is 8.18. The number of para-hydroxylation sites is 1. The molecule has 1 saturated heterocycles. The molecule has 1 N–H and O–H groups in total. The summed E-state index contributed by atoms with van der Waals surface area (Å²) >= 11 is 7.38. The van der Waals surface area contributed by atoms with Crippen molar-refractivity contribution in [3.05, 3.63) is 70.3 Å². The third kappa shape index (κ3) is 3.40. The van der Waals surface area contributed by atoms with Crippen LogP contribution >= 0.6 is 23.4 Å². The third-order valence-electron chi connectivity index (χ3n) is 3.52. The second-order valence-corrected chi connectivity index (χ2v) is 6.68. The molecule has 0 spiro atoms. The largest absolute Gasteiger partial charge is 0.300 e. The fourth-order valence-electron chi connectivity index (χ4n) is 2.35. The van der Waals surface area contributed by atoms with E-state index in [9.17, 15) is 4.79 Å². The molecule has 1 aliphatic heterocycles. The highest BCUT2D eigenvalue weighted by Gasteiger charge is 2.24. The first-order valence-electron chi connectivity index (χ1n) is 7.44. The summed E-state index contributed by atoms with van der Waals surface area (Å²) in [6.45, 7) is 0. The minimum absolute atomic E-state index is 0.185. The first-order chi connectivity index (χ1) is 12.2. The Bertz CT molecular complexity index is 1050. The molecule has 1 amide bonds. The smallest absolute Gasteiger partial charge is 0.264 e. The van der Waals surface area contributed by atoms with E-state index < -0.39 is 0 Å². The van der Waals surface area contributed by atoms with Crippen LogP contribution in [0.2, 0.25) is 5.02 Å². The highest BCUT2D eigenvalue weighted by Crippen LogP contribution is 2.30. The molecule has 25 heavy (non-hydrogen) atoms. The van der Waals surface area contributed by atoms with Gasteiger partial charge in [-0.3, -0.25) is 14.8 Å². The van der Waals surface area contributed by atoms with Crippen molar-refractivity contribution in [1.82, 2.24) is 15.3 Å². The summed E-state index contributed by atoms with van der Waals surface area (Å²) in [7, 11) is 0. The molecule has 0 bridgehead atoms. The number of nitrogens with zero attached hydrogens (tertiary/aromatic N) is 3. The second-order valence-electron chi connectivity index (χ2n) is 5.24. The van der Waals surface area contributed by atoms with E-state index >= 15 is 0 Å².